The molecule has 32 heavy (non-hydrogen) atoms. The fourth-order valence-corrected chi connectivity index (χ4v) is 9.57. The normalized spacial score (nSPS) is 12.1. The van der Waals surface area contributed by atoms with Crippen molar-refractivity contribution >= 4 is 23.2 Å². The first kappa shape index (κ1) is 22.4. The SMILES string of the molecule is Cc1ccc(C(F)(F)[P+](c2ccccc2C)(c2ccccc2C)c2ccccc2C)cc1. The highest BCUT2D eigenvalue weighted by molar-refractivity contribution is 7.96. The molecule has 0 N–H and O–H groups in total. The van der Waals surface area contributed by atoms with Crippen LogP contribution in [0, 0.1) is 27.7 Å². The van der Waals surface area contributed by atoms with Gasteiger partial charge < -0.3 is 0 Å². The van der Waals surface area contributed by atoms with Gasteiger partial charge in [0, 0.05) is 0 Å². The predicted octanol–water partition coefficient (Wildman–Crippen LogP) is 6.96. The molecule has 4 aromatic rings. The second kappa shape index (κ2) is 8.60. The lowest BCUT2D eigenvalue weighted by molar-refractivity contribution is 0.0970. The molecule has 0 heterocycles. The molecule has 0 aromatic heterocycles. The third-order valence-corrected chi connectivity index (χ3v) is 11.0. The maximum Gasteiger partial charge on any atom is 0.393 e. The zero-order chi connectivity index (χ0) is 22.9. The number of benzene rings is 4. The third-order valence-electron chi connectivity index (χ3n) is 6.25. The molecule has 162 valence electrons. The molecule has 0 bridgehead atoms. The Hall–Kier alpha value is -2.83. The third kappa shape index (κ3) is 3.48. The van der Waals surface area contributed by atoms with Crippen LogP contribution >= 0.6 is 7.26 Å². The van der Waals surface area contributed by atoms with E-state index in [-0.39, 0.29) is 5.56 Å². The van der Waals surface area contributed by atoms with E-state index in [0.717, 1.165) is 38.2 Å². The minimum Gasteiger partial charge on any atom is -0.161 e. The molecule has 0 amide bonds. The predicted molar refractivity (Wildman–Crippen MR) is 134 cm³/mol. The van der Waals surface area contributed by atoms with Gasteiger partial charge in [-0.15, -0.1) is 0 Å². The Morgan fingerprint density at radius 2 is 0.844 bits per heavy atom. The summed E-state index contributed by atoms with van der Waals surface area (Å²) in [4.78, 5) is 0. The van der Waals surface area contributed by atoms with Gasteiger partial charge in [0.2, 0.25) is 0 Å². The summed E-state index contributed by atoms with van der Waals surface area (Å²) in [5, 5.41) is 2.19. The summed E-state index contributed by atoms with van der Waals surface area (Å²) < 4.78 is 34.5. The van der Waals surface area contributed by atoms with Crippen LogP contribution in [-0.4, -0.2) is 0 Å². The molecule has 0 aliphatic heterocycles. The Morgan fingerprint density at radius 1 is 0.500 bits per heavy atom. The van der Waals surface area contributed by atoms with Gasteiger partial charge >= 0.3 is 5.66 Å². The van der Waals surface area contributed by atoms with E-state index in [1.165, 1.54) is 0 Å². The van der Waals surface area contributed by atoms with Gasteiger partial charge in [0.05, 0.1) is 5.56 Å². The van der Waals surface area contributed by atoms with Crippen LogP contribution in [0.2, 0.25) is 0 Å². The van der Waals surface area contributed by atoms with Gasteiger partial charge in [-0.3, -0.25) is 0 Å². The number of alkyl halides is 2. The van der Waals surface area contributed by atoms with E-state index in [1.807, 2.05) is 100 Å². The van der Waals surface area contributed by atoms with Crippen LogP contribution in [0.1, 0.15) is 27.8 Å². The molecule has 0 spiro atoms. The van der Waals surface area contributed by atoms with Crippen molar-refractivity contribution < 1.29 is 8.78 Å². The number of hydrogen-bond donors (Lipinski definition) is 0. The Kier molecular flexibility index (Phi) is 6.01. The Bertz CT molecular complexity index is 1130. The smallest absolute Gasteiger partial charge is 0.161 e. The summed E-state index contributed by atoms with van der Waals surface area (Å²) in [5.74, 6) is 0. The van der Waals surface area contributed by atoms with Crippen molar-refractivity contribution in [3.8, 4) is 0 Å². The lowest BCUT2D eigenvalue weighted by atomic mass is 10.1. The van der Waals surface area contributed by atoms with Crippen LogP contribution in [0.3, 0.4) is 0 Å². The molecule has 0 aliphatic carbocycles. The lowest BCUT2D eigenvalue weighted by Crippen LogP contribution is -2.44. The van der Waals surface area contributed by atoms with E-state index in [1.54, 1.807) is 24.3 Å². The number of rotatable bonds is 5. The maximum absolute atomic E-state index is 17.3. The second-order valence-corrected chi connectivity index (χ2v) is 11.8. The summed E-state index contributed by atoms with van der Waals surface area (Å²) in [7, 11) is -3.44. The summed E-state index contributed by atoms with van der Waals surface area (Å²) in [6.07, 6.45) is 0. The van der Waals surface area contributed by atoms with E-state index in [0.29, 0.717) is 0 Å². The van der Waals surface area contributed by atoms with Crippen molar-refractivity contribution in [2.75, 3.05) is 0 Å². The van der Waals surface area contributed by atoms with Crippen LogP contribution in [0.25, 0.3) is 0 Å². The van der Waals surface area contributed by atoms with Crippen LogP contribution in [-0.2, 0) is 5.66 Å². The van der Waals surface area contributed by atoms with Gasteiger partial charge in [-0.1, -0.05) is 72.3 Å². The first-order valence-electron chi connectivity index (χ1n) is 10.8. The van der Waals surface area contributed by atoms with Crippen molar-refractivity contribution in [1.29, 1.82) is 0 Å². The van der Waals surface area contributed by atoms with Gasteiger partial charge in [0.25, 0.3) is 0 Å². The molecule has 0 aliphatic rings. The maximum atomic E-state index is 17.3. The van der Waals surface area contributed by atoms with Crippen molar-refractivity contribution in [3.05, 3.63) is 125 Å². The van der Waals surface area contributed by atoms with Crippen LogP contribution < -0.4 is 15.9 Å². The molecule has 0 radical (unpaired) electrons. The Labute approximate surface area is 190 Å². The Morgan fingerprint density at radius 3 is 1.19 bits per heavy atom. The highest BCUT2D eigenvalue weighted by atomic mass is 31.2. The van der Waals surface area contributed by atoms with E-state index in [2.05, 4.69) is 0 Å². The number of halogens is 2. The van der Waals surface area contributed by atoms with Crippen LogP contribution in [0.5, 0.6) is 0 Å². The van der Waals surface area contributed by atoms with Crippen molar-refractivity contribution in [2.24, 2.45) is 0 Å². The monoisotopic (exact) mass is 445 g/mol. The summed E-state index contributed by atoms with van der Waals surface area (Å²) >= 11 is 0. The largest absolute Gasteiger partial charge is 0.393 e. The average Bonchev–Trinajstić information content (AvgIpc) is 2.78. The van der Waals surface area contributed by atoms with E-state index in [4.69, 9.17) is 0 Å². The van der Waals surface area contributed by atoms with Gasteiger partial charge in [0.15, 0.2) is 7.26 Å². The number of hydrogen-bond acceptors (Lipinski definition) is 0. The second-order valence-electron chi connectivity index (χ2n) is 8.44. The summed E-state index contributed by atoms with van der Waals surface area (Å²) in [6.45, 7) is 7.78. The zero-order valence-corrected chi connectivity index (χ0v) is 19.8. The highest BCUT2D eigenvalue weighted by Crippen LogP contribution is 2.72. The first-order chi connectivity index (χ1) is 15.3. The lowest BCUT2D eigenvalue weighted by Gasteiger charge is -2.36. The van der Waals surface area contributed by atoms with Crippen molar-refractivity contribution in [1.82, 2.24) is 0 Å². The summed E-state index contributed by atoms with van der Waals surface area (Å²) in [6, 6.07) is 29.8. The van der Waals surface area contributed by atoms with Gasteiger partial charge in [0.1, 0.15) is 15.9 Å². The van der Waals surface area contributed by atoms with E-state index in [9.17, 15) is 0 Å². The zero-order valence-electron chi connectivity index (χ0n) is 18.9. The van der Waals surface area contributed by atoms with Crippen LogP contribution in [0.15, 0.2) is 97.1 Å². The first-order valence-corrected chi connectivity index (χ1v) is 12.6. The van der Waals surface area contributed by atoms with E-state index >= 15 is 8.78 Å². The van der Waals surface area contributed by atoms with Gasteiger partial charge in [-0.2, -0.15) is 8.78 Å². The van der Waals surface area contributed by atoms with Crippen molar-refractivity contribution in [3.63, 3.8) is 0 Å². The van der Waals surface area contributed by atoms with Crippen molar-refractivity contribution in [2.45, 2.75) is 33.4 Å². The number of aryl methyl sites for hydroxylation is 4. The van der Waals surface area contributed by atoms with Gasteiger partial charge in [-0.25, -0.2) is 0 Å². The standard InChI is InChI=1S/C29H28F2P/c1-21-17-19-25(20-18-21)29(30,31)32(26-14-8-5-11-22(26)2,27-15-9-6-12-23(27)3)28-16-10-7-13-24(28)4/h5-20H,1-4H3/q+1. The molecule has 4 rings (SSSR count). The molecule has 0 fully saturated rings. The molecule has 4 aromatic carbocycles. The minimum atomic E-state index is -3.44. The quantitative estimate of drug-likeness (QED) is 0.291. The topological polar surface area (TPSA) is 0 Å². The highest BCUT2D eigenvalue weighted by Gasteiger charge is 2.68. The fourth-order valence-electron chi connectivity index (χ4n) is 4.61. The molecule has 0 unspecified atom stereocenters. The fraction of sp³-hybridized carbons (Fsp3) is 0.172. The molecule has 0 atom stereocenters. The van der Waals surface area contributed by atoms with E-state index < -0.39 is 12.9 Å². The molecular weight excluding hydrogens is 417 g/mol. The summed E-state index contributed by atoms with van der Waals surface area (Å²) in [5.41, 5.74) is 0.588. The molecule has 0 nitrogen and oxygen atoms in total. The average molecular weight is 446 g/mol. The molecular formula is C29H28F2P+. The molecule has 0 saturated heterocycles. The van der Waals surface area contributed by atoms with Gasteiger partial charge in [-0.05, 0) is 74.7 Å². The molecule has 3 heteroatoms. The Balaban J connectivity index is 2.24. The minimum absolute atomic E-state index is 0.0613. The molecule has 0 saturated carbocycles. The van der Waals surface area contributed by atoms with Crippen LogP contribution in [0.4, 0.5) is 8.78 Å².